The second-order valence-corrected chi connectivity index (χ2v) is 26.8. The maximum absolute atomic E-state index is 2.62. The molecule has 0 saturated carbocycles. The third kappa shape index (κ3) is 4.72. The molecule has 0 aliphatic carbocycles. The molecule has 3 heteroatoms. The normalized spacial score (nSPS) is 12.2. The summed E-state index contributed by atoms with van der Waals surface area (Å²) < 4.78 is 10.8. The molecular formula is C28H37NSeSn. The van der Waals surface area contributed by atoms with E-state index in [0.29, 0.717) is 14.5 Å². The van der Waals surface area contributed by atoms with E-state index in [1.807, 2.05) is 2.45 Å². The van der Waals surface area contributed by atoms with Crippen LogP contribution in [0, 0.1) is 0 Å². The summed E-state index contributed by atoms with van der Waals surface area (Å²) in [6, 6.07) is 23.1. The van der Waals surface area contributed by atoms with E-state index in [9.17, 15) is 0 Å². The van der Waals surface area contributed by atoms with Gasteiger partial charge in [0.2, 0.25) is 0 Å². The summed E-state index contributed by atoms with van der Waals surface area (Å²) in [7, 11) is 0. The van der Waals surface area contributed by atoms with Crippen LogP contribution >= 0.6 is 0 Å². The van der Waals surface area contributed by atoms with Gasteiger partial charge in [0.15, 0.2) is 0 Å². The third-order valence-electron chi connectivity index (χ3n) is 6.94. The molecule has 1 nitrogen and oxygen atoms in total. The molecule has 4 rings (SSSR count). The number of nitrogens with zero attached hydrogens (tertiary/aromatic N) is 1. The first kappa shape index (κ1) is 23.2. The molecular weight excluding hydrogens is 548 g/mol. The first-order valence-corrected chi connectivity index (χ1v) is 21.5. The zero-order valence-electron chi connectivity index (χ0n) is 19.5. The number of hydrogen-bond acceptors (Lipinski definition) is 0. The summed E-state index contributed by atoms with van der Waals surface area (Å²) in [6.07, 6.45) is 8.39. The third-order valence-corrected chi connectivity index (χ3v) is 31.1. The summed E-state index contributed by atoms with van der Waals surface area (Å²) in [4.78, 5) is 0. The molecule has 0 fully saturated rings. The second kappa shape index (κ2) is 10.8. The van der Waals surface area contributed by atoms with Gasteiger partial charge < -0.3 is 0 Å². The molecule has 0 atom stereocenters. The molecule has 0 aliphatic rings. The van der Waals surface area contributed by atoms with Crippen molar-refractivity contribution in [3.8, 4) is 4.56 Å². The minimum absolute atomic E-state index is 0.482. The molecule has 31 heavy (non-hydrogen) atoms. The van der Waals surface area contributed by atoms with Gasteiger partial charge in [0.25, 0.3) is 0 Å². The van der Waals surface area contributed by atoms with Gasteiger partial charge in [-0.15, -0.1) is 0 Å². The molecule has 0 saturated heterocycles. The van der Waals surface area contributed by atoms with Crippen LogP contribution in [0.2, 0.25) is 13.3 Å². The number of benzene rings is 2. The molecule has 0 aliphatic heterocycles. The Balaban J connectivity index is 1.83. The van der Waals surface area contributed by atoms with Crippen molar-refractivity contribution in [1.82, 2.24) is 4.57 Å². The van der Waals surface area contributed by atoms with E-state index in [4.69, 9.17) is 0 Å². The molecule has 0 radical (unpaired) electrons. The Morgan fingerprint density at radius 1 is 0.645 bits per heavy atom. The van der Waals surface area contributed by atoms with E-state index in [1.165, 1.54) is 60.3 Å². The van der Waals surface area contributed by atoms with Crippen LogP contribution in [0.15, 0.2) is 60.7 Å². The standard InChI is InChI=1S/C16H10NSe.3C4H9.Sn/c1-3-8-14-12(6-1)13-7-2-4-9-15(13)17(14)16-10-5-11-18-16;3*1-3-4-2;/h1-10H;3*1,3-4H2,2H3;. The van der Waals surface area contributed by atoms with Gasteiger partial charge in [0, 0.05) is 0 Å². The predicted molar refractivity (Wildman–Crippen MR) is 142 cm³/mol. The zero-order valence-corrected chi connectivity index (χ0v) is 24.1. The van der Waals surface area contributed by atoms with Gasteiger partial charge >= 0.3 is 200 Å². The van der Waals surface area contributed by atoms with Crippen LogP contribution in [-0.4, -0.2) is 37.4 Å². The molecule has 4 aromatic rings. The van der Waals surface area contributed by atoms with Crippen LogP contribution in [0.1, 0.15) is 59.3 Å². The monoisotopic (exact) mass is 587 g/mol. The fraction of sp³-hybridized carbons (Fsp3) is 0.429. The topological polar surface area (TPSA) is 4.93 Å². The van der Waals surface area contributed by atoms with E-state index in [1.54, 1.807) is 17.9 Å². The molecule has 0 amide bonds. The van der Waals surface area contributed by atoms with Crippen molar-refractivity contribution in [3.63, 3.8) is 0 Å². The van der Waals surface area contributed by atoms with Crippen molar-refractivity contribution in [2.75, 3.05) is 0 Å². The molecule has 0 unspecified atom stereocenters. The molecule has 2 aromatic carbocycles. The fourth-order valence-corrected chi connectivity index (χ4v) is 30.7. The summed E-state index contributed by atoms with van der Waals surface area (Å²) in [5, 5.41) is 2.78. The number of aromatic nitrogens is 1. The van der Waals surface area contributed by atoms with Gasteiger partial charge in [0.1, 0.15) is 0 Å². The average molecular weight is 585 g/mol. The van der Waals surface area contributed by atoms with Crippen molar-refractivity contribution >= 4 is 57.1 Å². The molecule has 2 heterocycles. The van der Waals surface area contributed by atoms with Crippen LogP contribution in [0.3, 0.4) is 0 Å². The molecule has 0 bridgehead atoms. The zero-order chi connectivity index (χ0) is 21.7. The predicted octanol–water partition coefficient (Wildman–Crippen LogP) is 7.90. The Kier molecular flexibility index (Phi) is 8.06. The Hall–Kier alpha value is -0.962. The van der Waals surface area contributed by atoms with Crippen LogP contribution in [0.4, 0.5) is 0 Å². The van der Waals surface area contributed by atoms with Crippen molar-refractivity contribution in [2.45, 2.75) is 72.6 Å². The van der Waals surface area contributed by atoms with Gasteiger partial charge in [-0.2, -0.15) is 0 Å². The van der Waals surface area contributed by atoms with Gasteiger partial charge in [0.05, 0.1) is 0 Å². The number of fused-ring (bicyclic) bond motifs is 3. The first-order chi connectivity index (χ1) is 15.2. The second-order valence-electron chi connectivity index (χ2n) is 9.10. The Morgan fingerprint density at radius 3 is 1.61 bits per heavy atom. The van der Waals surface area contributed by atoms with Crippen molar-refractivity contribution < 1.29 is 0 Å². The van der Waals surface area contributed by atoms with Crippen LogP contribution in [-0.2, 0) is 0 Å². The summed E-state index contributed by atoms with van der Waals surface area (Å²) in [5.74, 6) is 0. The van der Waals surface area contributed by atoms with E-state index in [2.05, 4.69) is 86.0 Å². The summed E-state index contributed by atoms with van der Waals surface area (Å²) >= 11 is -1.83. The Bertz CT molecular complexity index is 1050. The Morgan fingerprint density at radius 2 is 1.13 bits per heavy atom. The number of hydrogen-bond donors (Lipinski definition) is 0. The number of rotatable bonds is 11. The van der Waals surface area contributed by atoms with Gasteiger partial charge in [-0.05, 0) is 0 Å². The van der Waals surface area contributed by atoms with Crippen molar-refractivity contribution in [1.29, 1.82) is 0 Å². The molecule has 0 N–H and O–H groups in total. The van der Waals surface area contributed by atoms with Gasteiger partial charge in [-0.3, -0.25) is 0 Å². The SMILES string of the molecule is CCC[CH2][Sn]([CH2]CCC)([CH2]CCC)[c]1ccc(-n2c3ccccc3c3ccccc32)[se]1. The number of para-hydroxylation sites is 2. The molecule has 164 valence electrons. The van der Waals surface area contributed by atoms with Crippen LogP contribution in [0.25, 0.3) is 26.4 Å². The minimum atomic E-state index is -2.32. The summed E-state index contributed by atoms with van der Waals surface area (Å²) in [5.41, 5.74) is 2.76. The Labute approximate surface area is 198 Å². The first-order valence-electron chi connectivity index (χ1n) is 12.3. The van der Waals surface area contributed by atoms with Gasteiger partial charge in [-0.1, -0.05) is 0 Å². The van der Waals surface area contributed by atoms with E-state index < -0.39 is 18.4 Å². The van der Waals surface area contributed by atoms with E-state index >= 15 is 0 Å². The van der Waals surface area contributed by atoms with E-state index in [-0.39, 0.29) is 0 Å². The van der Waals surface area contributed by atoms with Crippen LogP contribution < -0.4 is 2.45 Å². The van der Waals surface area contributed by atoms with Crippen molar-refractivity contribution in [3.05, 3.63) is 60.7 Å². The van der Waals surface area contributed by atoms with E-state index in [0.717, 1.165) is 0 Å². The molecule has 2 aromatic heterocycles. The summed E-state index contributed by atoms with van der Waals surface area (Å²) in [6.45, 7) is 7.14. The quantitative estimate of drug-likeness (QED) is 0.158. The van der Waals surface area contributed by atoms with Crippen molar-refractivity contribution in [2.24, 2.45) is 0 Å². The molecule has 0 spiro atoms. The van der Waals surface area contributed by atoms with Crippen LogP contribution in [0.5, 0.6) is 0 Å². The average Bonchev–Trinajstić information content (AvgIpc) is 3.42. The fourth-order valence-electron chi connectivity index (χ4n) is 5.18. The maximum atomic E-state index is 2.62. The van der Waals surface area contributed by atoms with Gasteiger partial charge in [-0.25, -0.2) is 0 Å². The number of unbranched alkanes of at least 4 members (excludes halogenated alkanes) is 3.